The van der Waals surface area contributed by atoms with Crippen LogP contribution in [0, 0.1) is 5.41 Å². The Morgan fingerprint density at radius 1 is 1.27 bits per heavy atom. The molecule has 0 bridgehead atoms. The summed E-state index contributed by atoms with van der Waals surface area (Å²) in [5.74, 6) is 1.46. The summed E-state index contributed by atoms with van der Waals surface area (Å²) in [5.41, 5.74) is 8.21. The number of thiazole rings is 1. The van der Waals surface area contributed by atoms with Gasteiger partial charge < -0.3 is 15.2 Å². The average Bonchev–Trinajstić information content (AvgIpc) is 3.21. The first-order chi connectivity index (χ1) is 11.6. The highest BCUT2D eigenvalue weighted by Gasteiger charge is 2.32. The topological polar surface area (TPSA) is 60.6 Å². The molecule has 2 heterocycles. The van der Waals surface area contributed by atoms with Crippen LogP contribution in [-0.2, 0) is 6.54 Å². The van der Waals surface area contributed by atoms with Crippen LogP contribution in [0.5, 0.6) is 11.5 Å². The number of benzene rings is 1. The quantitative estimate of drug-likeness (QED) is 0.770. The Morgan fingerprint density at radius 3 is 2.65 bits per heavy atom. The molecule has 5 nitrogen and oxygen atoms in total. The fourth-order valence-corrected chi connectivity index (χ4v) is 4.05. The number of nitrogens with zero attached hydrogens (tertiary/aromatic N) is 2. The smallest absolute Gasteiger partial charge is 0.170 e. The van der Waals surface area contributed by atoms with Crippen molar-refractivity contribution < 1.29 is 9.47 Å². The predicted molar refractivity (Wildman–Crippen MR) is 112 cm³/mol. The zero-order valence-electron chi connectivity index (χ0n) is 15.4. The van der Waals surface area contributed by atoms with Crippen LogP contribution in [0.1, 0.15) is 19.0 Å². The number of para-hydroxylation sites is 1. The van der Waals surface area contributed by atoms with Gasteiger partial charge in [-0.25, -0.2) is 4.98 Å². The predicted octanol–water partition coefficient (Wildman–Crippen LogP) is 3.84. The Hall–Kier alpha value is -1.05. The van der Waals surface area contributed by atoms with Crippen LogP contribution in [0.3, 0.4) is 0 Å². The second-order valence-corrected chi connectivity index (χ2v) is 7.52. The number of hydrogen-bond donors (Lipinski definition) is 1. The second kappa shape index (κ2) is 9.76. The van der Waals surface area contributed by atoms with E-state index in [1.807, 2.05) is 18.2 Å². The molecule has 0 radical (unpaired) electrons. The first-order valence-electron chi connectivity index (χ1n) is 8.17. The van der Waals surface area contributed by atoms with Crippen molar-refractivity contribution in [2.24, 2.45) is 11.1 Å². The number of ether oxygens (including phenoxy) is 2. The maximum atomic E-state index is 5.90. The summed E-state index contributed by atoms with van der Waals surface area (Å²) < 4.78 is 10.9. The molecule has 1 saturated heterocycles. The van der Waals surface area contributed by atoms with Gasteiger partial charge in [0, 0.05) is 18.5 Å². The third-order valence-electron chi connectivity index (χ3n) is 4.70. The first-order valence-corrected chi connectivity index (χ1v) is 9.05. The zero-order valence-corrected chi connectivity index (χ0v) is 17.8. The number of likely N-dealkylation sites (tertiary alicyclic amines) is 1. The molecule has 26 heavy (non-hydrogen) atoms. The highest BCUT2D eigenvalue weighted by molar-refractivity contribution is 7.13. The van der Waals surface area contributed by atoms with Crippen LogP contribution in [0.25, 0.3) is 10.6 Å². The van der Waals surface area contributed by atoms with Crippen molar-refractivity contribution in [1.82, 2.24) is 9.88 Å². The molecule has 0 saturated carbocycles. The van der Waals surface area contributed by atoms with Gasteiger partial charge in [0.1, 0.15) is 5.01 Å². The molecule has 146 valence electrons. The van der Waals surface area contributed by atoms with Crippen molar-refractivity contribution in [3.05, 3.63) is 29.3 Å². The molecule has 1 aliphatic rings. The Morgan fingerprint density at radius 2 is 2.04 bits per heavy atom. The van der Waals surface area contributed by atoms with Gasteiger partial charge in [-0.05, 0) is 37.1 Å². The number of nitrogens with two attached hydrogens (primary N) is 1. The standard InChI is InChI=1S/C18H25N3O2S.2ClH/c1-18(11-19)7-8-21(12-18)9-13-10-24-17(20-13)14-5-4-6-15(22-2)16(14)23-3;;/h4-6,10H,7-9,11-12,19H2,1-3H3;2*1H. The number of aromatic nitrogens is 1. The van der Waals surface area contributed by atoms with Crippen LogP contribution in [0.4, 0.5) is 0 Å². The molecule has 1 aromatic heterocycles. The minimum atomic E-state index is 0. The lowest BCUT2D eigenvalue weighted by atomic mass is 9.90. The number of hydrogen-bond acceptors (Lipinski definition) is 6. The van der Waals surface area contributed by atoms with E-state index in [0.29, 0.717) is 0 Å². The highest BCUT2D eigenvalue weighted by Crippen LogP contribution is 2.39. The summed E-state index contributed by atoms with van der Waals surface area (Å²) >= 11 is 1.64. The molecule has 1 aliphatic heterocycles. The first kappa shape index (κ1) is 23.0. The SMILES string of the molecule is COc1cccc(-c2nc(CN3CCC(C)(CN)C3)cs2)c1OC.Cl.Cl. The van der Waals surface area contributed by atoms with E-state index in [1.165, 1.54) is 0 Å². The van der Waals surface area contributed by atoms with Crippen LogP contribution in [0.15, 0.2) is 23.6 Å². The van der Waals surface area contributed by atoms with Gasteiger partial charge in [0.25, 0.3) is 0 Å². The Kier molecular flexibility index (Phi) is 8.63. The minimum Gasteiger partial charge on any atom is -0.493 e. The second-order valence-electron chi connectivity index (χ2n) is 6.66. The largest absolute Gasteiger partial charge is 0.493 e. The van der Waals surface area contributed by atoms with Gasteiger partial charge >= 0.3 is 0 Å². The van der Waals surface area contributed by atoms with Gasteiger partial charge in [0.2, 0.25) is 0 Å². The third-order valence-corrected chi connectivity index (χ3v) is 5.62. The fourth-order valence-electron chi connectivity index (χ4n) is 3.22. The van der Waals surface area contributed by atoms with E-state index >= 15 is 0 Å². The average molecular weight is 420 g/mol. The zero-order chi connectivity index (χ0) is 17.2. The van der Waals surface area contributed by atoms with Gasteiger partial charge in [-0.3, -0.25) is 4.90 Å². The monoisotopic (exact) mass is 419 g/mol. The van der Waals surface area contributed by atoms with Crippen molar-refractivity contribution in [3.63, 3.8) is 0 Å². The van der Waals surface area contributed by atoms with E-state index in [2.05, 4.69) is 17.2 Å². The molecule has 0 aliphatic carbocycles. The van der Waals surface area contributed by atoms with E-state index in [1.54, 1.807) is 25.6 Å². The van der Waals surface area contributed by atoms with E-state index in [4.69, 9.17) is 20.2 Å². The van der Waals surface area contributed by atoms with Crippen molar-refractivity contribution in [1.29, 1.82) is 0 Å². The maximum absolute atomic E-state index is 5.90. The molecule has 3 rings (SSSR count). The van der Waals surface area contributed by atoms with E-state index in [0.717, 1.165) is 60.4 Å². The summed E-state index contributed by atoms with van der Waals surface area (Å²) in [4.78, 5) is 7.25. The Balaban J connectivity index is 0.00000169. The van der Waals surface area contributed by atoms with Crippen LogP contribution >= 0.6 is 36.2 Å². The van der Waals surface area contributed by atoms with E-state index in [9.17, 15) is 0 Å². The number of halogens is 2. The van der Waals surface area contributed by atoms with Gasteiger partial charge in [0.05, 0.1) is 25.5 Å². The minimum absolute atomic E-state index is 0. The Bertz CT molecular complexity index is 713. The lowest BCUT2D eigenvalue weighted by Gasteiger charge is -2.22. The molecule has 2 N–H and O–H groups in total. The van der Waals surface area contributed by atoms with Gasteiger partial charge in [-0.15, -0.1) is 36.2 Å². The molecule has 8 heteroatoms. The van der Waals surface area contributed by atoms with E-state index in [-0.39, 0.29) is 30.2 Å². The van der Waals surface area contributed by atoms with Gasteiger partial charge in [-0.1, -0.05) is 13.0 Å². The molecule has 1 atom stereocenters. The molecule has 0 spiro atoms. The van der Waals surface area contributed by atoms with Crippen LogP contribution < -0.4 is 15.2 Å². The van der Waals surface area contributed by atoms with Gasteiger partial charge in [0.15, 0.2) is 11.5 Å². The number of methoxy groups -OCH3 is 2. The lowest BCUT2D eigenvalue weighted by Crippen LogP contribution is -2.31. The van der Waals surface area contributed by atoms with E-state index < -0.39 is 0 Å². The summed E-state index contributed by atoms with van der Waals surface area (Å²) in [5, 5.41) is 3.09. The molecule has 1 aromatic carbocycles. The molecular formula is C18H27Cl2N3O2S. The normalized spacial score (nSPS) is 19.5. The molecule has 0 amide bonds. The molecule has 2 aromatic rings. The molecule has 1 fully saturated rings. The summed E-state index contributed by atoms with van der Waals surface area (Å²) in [6.45, 7) is 6.01. The lowest BCUT2D eigenvalue weighted by molar-refractivity contribution is 0.272. The van der Waals surface area contributed by atoms with Crippen molar-refractivity contribution in [2.75, 3.05) is 33.9 Å². The summed E-state index contributed by atoms with van der Waals surface area (Å²) in [6.07, 6.45) is 1.16. The summed E-state index contributed by atoms with van der Waals surface area (Å²) in [7, 11) is 3.31. The van der Waals surface area contributed by atoms with Crippen molar-refractivity contribution in [2.45, 2.75) is 19.9 Å². The fraction of sp³-hybridized carbons (Fsp3) is 0.500. The Labute approximate surface area is 171 Å². The maximum Gasteiger partial charge on any atom is 0.170 e. The van der Waals surface area contributed by atoms with Crippen molar-refractivity contribution in [3.8, 4) is 22.1 Å². The van der Waals surface area contributed by atoms with Crippen LogP contribution in [0.2, 0.25) is 0 Å². The number of rotatable bonds is 6. The highest BCUT2D eigenvalue weighted by atomic mass is 35.5. The third kappa shape index (κ3) is 4.81. The molecule has 1 unspecified atom stereocenters. The van der Waals surface area contributed by atoms with Gasteiger partial charge in [-0.2, -0.15) is 0 Å². The van der Waals surface area contributed by atoms with Crippen LogP contribution in [-0.4, -0.2) is 43.7 Å². The molecular weight excluding hydrogens is 393 g/mol. The summed E-state index contributed by atoms with van der Waals surface area (Å²) in [6, 6.07) is 5.88. The van der Waals surface area contributed by atoms with Crippen molar-refractivity contribution >= 4 is 36.2 Å².